The highest BCUT2D eigenvalue weighted by Gasteiger charge is 2.79. The van der Waals surface area contributed by atoms with Crippen LogP contribution in [0.4, 0.5) is 5.69 Å². The third-order valence-electron chi connectivity index (χ3n) is 9.50. The highest BCUT2D eigenvalue weighted by atomic mass is 16.5. The van der Waals surface area contributed by atoms with Crippen molar-refractivity contribution in [2.45, 2.75) is 96.1 Å². The molecular weight excluding hydrogens is 530 g/mol. The minimum Gasteiger partial charge on any atom is -0.394 e. The van der Waals surface area contributed by atoms with Crippen molar-refractivity contribution in [3.63, 3.8) is 0 Å². The van der Waals surface area contributed by atoms with Crippen LogP contribution in [0, 0.1) is 17.8 Å². The molecule has 1 spiro atoms. The minimum absolute atomic E-state index is 0.174. The van der Waals surface area contributed by atoms with Crippen molar-refractivity contribution in [2.75, 3.05) is 24.6 Å². The van der Waals surface area contributed by atoms with Crippen molar-refractivity contribution in [3.8, 4) is 0 Å². The Balaban J connectivity index is 1.89. The maximum absolute atomic E-state index is 14.7. The van der Waals surface area contributed by atoms with Crippen molar-refractivity contribution < 1.29 is 24.2 Å². The van der Waals surface area contributed by atoms with Gasteiger partial charge < -0.3 is 24.5 Å². The van der Waals surface area contributed by atoms with Gasteiger partial charge in [0, 0.05) is 24.3 Å². The molecule has 42 heavy (non-hydrogen) atoms. The van der Waals surface area contributed by atoms with Crippen LogP contribution in [0.1, 0.15) is 67.2 Å². The van der Waals surface area contributed by atoms with E-state index in [2.05, 4.69) is 13.2 Å². The Morgan fingerprint density at radius 2 is 1.76 bits per heavy atom. The first-order valence-electron chi connectivity index (χ1n) is 15.4. The molecule has 0 aliphatic carbocycles. The van der Waals surface area contributed by atoms with Gasteiger partial charge in [-0.2, -0.15) is 0 Å². The van der Waals surface area contributed by atoms with Crippen LogP contribution < -0.4 is 4.90 Å². The van der Waals surface area contributed by atoms with Gasteiger partial charge in [0.25, 0.3) is 0 Å². The zero-order valence-electron chi connectivity index (χ0n) is 26.2. The van der Waals surface area contributed by atoms with Gasteiger partial charge in [0.15, 0.2) is 0 Å². The summed E-state index contributed by atoms with van der Waals surface area (Å²) in [7, 11) is 0. The van der Waals surface area contributed by atoms with E-state index in [-0.39, 0.29) is 36.8 Å². The first kappa shape index (κ1) is 32.0. The Morgan fingerprint density at radius 1 is 1.12 bits per heavy atom. The van der Waals surface area contributed by atoms with Crippen molar-refractivity contribution in [3.05, 3.63) is 55.6 Å². The number of para-hydroxylation sites is 1. The van der Waals surface area contributed by atoms with E-state index in [1.165, 1.54) is 0 Å². The molecule has 0 saturated carbocycles. The molecule has 4 rings (SSSR count). The number of benzene rings is 1. The van der Waals surface area contributed by atoms with Crippen LogP contribution in [0.2, 0.25) is 0 Å². The monoisotopic (exact) mass is 579 g/mol. The Morgan fingerprint density at radius 3 is 2.29 bits per heavy atom. The molecule has 8 heteroatoms. The van der Waals surface area contributed by atoms with Gasteiger partial charge >= 0.3 is 0 Å². The molecule has 1 N–H and O–H groups in total. The number of ether oxygens (including phenoxy) is 1. The van der Waals surface area contributed by atoms with Gasteiger partial charge in [-0.3, -0.25) is 14.4 Å². The fourth-order valence-corrected chi connectivity index (χ4v) is 7.72. The van der Waals surface area contributed by atoms with Crippen LogP contribution in [-0.2, 0) is 19.1 Å². The van der Waals surface area contributed by atoms with E-state index in [0.29, 0.717) is 32.2 Å². The summed E-state index contributed by atoms with van der Waals surface area (Å²) in [5.74, 6) is -2.14. The van der Waals surface area contributed by atoms with Gasteiger partial charge in [-0.05, 0) is 64.5 Å². The Kier molecular flexibility index (Phi) is 9.10. The summed E-state index contributed by atoms with van der Waals surface area (Å²) in [6.45, 7) is 20.0. The Labute approximate surface area is 251 Å². The third-order valence-corrected chi connectivity index (χ3v) is 9.50. The second kappa shape index (κ2) is 12.0. The summed E-state index contributed by atoms with van der Waals surface area (Å²) in [6.07, 6.45) is 5.50. The molecule has 0 aromatic heterocycles. The number of amides is 3. The lowest BCUT2D eigenvalue weighted by molar-refractivity contribution is -0.159. The zero-order chi connectivity index (χ0) is 31.0. The van der Waals surface area contributed by atoms with Gasteiger partial charge in [0.05, 0.1) is 30.1 Å². The average Bonchev–Trinajstić information content (AvgIpc) is 3.56. The van der Waals surface area contributed by atoms with Gasteiger partial charge in [0.1, 0.15) is 11.6 Å². The molecule has 1 aromatic rings. The highest BCUT2D eigenvalue weighted by Crippen LogP contribution is 2.65. The number of fused-ring (bicyclic) bond motifs is 1. The van der Waals surface area contributed by atoms with E-state index in [1.54, 1.807) is 26.9 Å². The summed E-state index contributed by atoms with van der Waals surface area (Å²) in [4.78, 5) is 49.1. The lowest BCUT2D eigenvalue weighted by atomic mass is 9.64. The lowest BCUT2D eigenvalue weighted by Gasteiger charge is -2.43. The van der Waals surface area contributed by atoms with Crippen molar-refractivity contribution >= 4 is 23.4 Å². The molecule has 8 nitrogen and oxygen atoms in total. The van der Waals surface area contributed by atoms with Gasteiger partial charge in [-0.15, -0.1) is 13.2 Å². The summed E-state index contributed by atoms with van der Waals surface area (Å²) in [5, 5.41) is 10.6. The van der Waals surface area contributed by atoms with Gasteiger partial charge in [-0.1, -0.05) is 51.1 Å². The van der Waals surface area contributed by atoms with Crippen LogP contribution in [0.3, 0.4) is 0 Å². The standard InChI is InChI=1S/C34H49N3O5/c1-9-19-35(24-15-13-12-14-16-24)29(39)26-27-30(40)37(25(22-38)21-23(4)5)28(31(41)36(20-10-2)32(6,7)8)34(27)18-17-33(26,11-3)42-34/h9-10,12-16,23,25-28,38H,1-2,11,17-22H2,3-8H3/t25-,26+,27+,28?,33-,34?/m1/s1. The molecule has 3 amide bonds. The zero-order valence-corrected chi connectivity index (χ0v) is 26.2. The predicted octanol–water partition coefficient (Wildman–Crippen LogP) is 4.58. The molecule has 3 saturated heterocycles. The molecule has 3 fully saturated rings. The summed E-state index contributed by atoms with van der Waals surface area (Å²) in [6, 6.07) is 7.86. The van der Waals surface area contributed by atoms with Crippen LogP contribution >= 0.6 is 0 Å². The first-order chi connectivity index (χ1) is 19.8. The number of aliphatic hydroxyl groups excluding tert-OH is 1. The third kappa shape index (κ3) is 5.11. The number of hydrogen-bond donors (Lipinski definition) is 1. The Hall–Kier alpha value is -2.97. The topological polar surface area (TPSA) is 90.4 Å². The second-order valence-electron chi connectivity index (χ2n) is 13.5. The van der Waals surface area contributed by atoms with Crippen molar-refractivity contribution in [2.24, 2.45) is 17.8 Å². The molecule has 230 valence electrons. The normalized spacial score (nSPS) is 29.0. The summed E-state index contributed by atoms with van der Waals surface area (Å²) >= 11 is 0. The number of nitrogens with zero attached hydrogens (tertiary/aromatic N) is 3. The molecule has 6 atom stereocenters. The summed E-state index contributed by atoms with van der Waals surface area (Å²) < 4.78 is 7.00. The highest BCUT2D eigenvalue weighted by molar-refractivity contribution is 6.03. The fraction of sp³-hybridized carbons (Fsp3) is 0.618. The van der Waals surface area contributed by atoms with Crippen LogP contribution in [0.15, 0.2) is 55.6 Å². The van der Waals surface area contributed by atoms with E-state index >= 15 is 0 Å². The lowest BCUT2D eigenvalue weighted by Crippen LogP contribution is -2.61. The number of hydrogen-bond acceptors (Lipinski definition) is 5. The Bertz CT molecular complexity index is 1190. The van der Waals surface area contributed by atoms with E-state index in [0.717, 1.165) is 5.69 Å². The number of rotatable bonds is 12. The number of likely N-dealkylation sites (tertiary alicyclic amines) is 1. The molecule has 3 aliphatic heterocycles. The SMILES string of the molecule is C=CCN(C(=O)[C@@H]1[C@H]2C(=O)N([C@@H](CO)CC(C)C)C(C(=O)N(CC=C)C(C)(C)C)C23CC[C@@]1(CC)O3)c1ccccc1. The van der Waals surface area contributed by atoms with Gasteiger partial charge in [0.2, 0.25) is 17.7 Å². The van der Waals surface area contributed by atoms with E-state index in [9.17, 15) is 19.5 Å². The number of anilines is 1. The quantitative estimate of drug-likeness (QED) is 0.366. The second-order valence-corrected chi connectivity index (χ2v) is 13.5. The number of aliphatic hydroxyl groups is 1. The van der Waals surface area contributed by atoms with Crippen LogP contribution in [-0.4, -0.2) is 81.1 Å². The maximum Gasteiger partial charge on any atom is 0.249 e. The van der Waals surface area contributed by atoms with Gasteiger partial charge in [-0.25, -0.2) is 0 Å². The molecule has 0 radical (unpaired) electrons. The first-order valence-corrected chi connectivity index (χ1v) is 15.4. The van der Waals surface area contributed by atoms with E-state index < -0.39 is 40.7 Å². The number of carbonyl (C=O) groups is 3. The van der Waals surface area contributed by atoms with E-state index in [1.807, 2.05) is 71.9 Å². The van der Waals surface area contributed by atoms with Crippen molar-refractivity contribution in [1.29, 1.82) is 0 Å². The largest absolute Gasteiger partial charge is 0.394 e. The molecular formula is C34H49N3O5. The van der Waals surface area contributed by atoms with Crippen molar-refractivity contribution in [1.82, 2.24) is 9.80 Å². The molecule has 2 bridgehead atoms. The molecule has 3 aliphatic rings. The maximum atomic E-state index is 14.7. The predicted molar refractivity (Wildman–Crippen MR) is 165 cm³/mol. The molecule has 1 aromatic carbocycles. The van der Waals surface area contributed by atoms with Crippen LogP contribution in [0.5, 0.6) is 0 Å². The molecule has 2 unspecified atom stereocenters. The van der Waals surface area contributed by atoms with Crippen LogP contribution in [0.25, 0.3) is 0 Å². The van der Waals surface area contributed by atoms with E-state index in [4.69, 9.17) is 4.74 Å². The summed E-state index contributed by atoms with van der Waals surface area (Å²) in [5.41, 5.74) is -1.87. The smallest absolute Gasteiger partial charge is 0.249 e. The number of carbonyl (C=O) groups excluding carboxylic acids is 3. The minimum atomic E-state index is -1.17. The fourth-order valence-electron chi connectivity index (χ4n) is 7.72. The average molecular weight is 580 g/mol. The molecule has 3 heterocycles.